The van der Waals surface area contributed by atoms with Gasteiger partial charge in [-0.05, 0) is 24.5 Å². The SMILES string of the molecule is O=S1(=O)NC2(CC2)c2ccccc21. The number of sulfonamides is 1. The molecule has 13 heavy (non-hydrogen) atoms. The Bertz CT molecular complexity index is 474. The minimum atomic E-state index is -3.20. The molecule has 1 fully saturated rings. The molecule has 0 aromatic heterocycles. The van der Waals surface area contributed by atoms with E-state index in [2.05, 4.69) is 4.72 Å². The maximum Gasteiger partial charge on any atom is 0.241 e. The lowest BCUT2D eigenvalue weighted by atomic mass is 10.1. The summed E-state index contributed by atoms with van der Waals surface area (Å²) in [5.41, 5.74) is 0.727. The van der Waals surface area contributed by atoms with Gasteiger partial charge in [-0.1, -0.05) is 18.2 Å². The molecular weight excluding hydrogens is 186 g/mol. The zero-order valence-corrected chi connectivity index (χ0v) is 7.76. The lowest BCUT2D eigenvalue weighted by Crippen LogP contribution is -2.25. The highest BCUT2D eigenvalue weighted by atomic mass is 32.2. The minimum Gasteiger partial charge on any atom is -0.207 e. The van der Waals surface area contributed by atoms with E-state index in [9.17, 15) is 8.42 Å². The van der Waals surface area contributed by atoms with E-state index in [0.29, 0.717) is 4.90 Å². The van der Waals surface area contributed by atoms with Crippen molar-refractivity contribution in [1.82, 2.24) is 4.72 Å². The molecule has 2 aliphatic rings. The summed E-state index contributed by atoms with van der Waals surface area (Å²) in [5, 5.41) is 0. The molecule has 3 nitrogen and oxygen atoms in total. The van der Waals surface area contributed by atoms with Crippen molar-refractivity contribution in [2.45, 2.75) is 23.3 Å². The van der Waals surface area contributed by atoms with E-state index in [-0.39, 0.29) is 5.54 Å². The van der Waals surface area contributed by atoms with Crippen molar-refractivity contribution < 1.29 is 8.42 Å². The van der Waals surface area contributed by atoms with Gasteiger partial charge in [0.15, 0.2) is 0 Å². The smallest absolute Gasteiger partial charge is 0.207 e. The number of fused-ring (bicyclic) bond motifs is 2. The van der Waals surface area contributed by atoms with E-state index in [4.69, 9.17) is 0 Å². The Balaban J connectivity index is 2.36. The van der Waals surface area contributed by atoms with Crippen LogP contribution in [0.1, 0.15) is 18.4 Å². The van der Waals surface area contributed by atoms with Gasteiger partial charge >= 0.3 is 0 Å². The first-order valence-electron chi connectivity index (χ1n) is 4.28. The molecule has 1 spiro atoms. The Kier molecular flexibility index (Phi) is 1.14. The van der Waals surface area contributed by atoms with Crippen molar-refractivity contribution in [1.29, 1.82) is 0 Å². The monoisotopic (exact) mass is 195 g/mol. The summed E-state index contributed by atoms with van der Waals surface area (Å²) >= 11 is 0. The molecule has 4 heteroatoms. The van der Waals surface area contributed by atoms with Crippen LogP contribution in [0.3, 0.4) is 0 Å². The van der Waals surface area contributed by atoms with Crippen LogP contribution in [0.2, 0.25) is 0 Å². The summed E-state index contributed by atoms with van der Waals surface area (Å²) in [6.07, 6.45) is 1.87. The largest absolute Gasteiger partial charge is 0.241 e. The Morgan fingerprint density at radius 3 is 2.62 bits per heavy atom. The van der Waals surface area contributed by atoms with E-state index >= 15 is 0 Å². The van der Waals surface area contributed by atoms with Gasteiger partial charge in [-0.2, -0.15) is 0 Å². The van der Waals surface area contributed by atoms with E-state index in [0.717, 1.165) is 18.4 Å². The number of rotatable bonds is 0. The molecule has 1 N–H and O–H groups in total. The highest BCUT2D eigenvalue weighted by molar-refractivity contribution is 7.89. The quantitative estimate of drug-likeness (QED) is 0.670. The fraction of sp³-hybridized carbons (Fsp3) is 0.333. The summed E-state index contributed by atoms with van der Waals surface area (Å²) in [4.78, 5) is 0.465. The Labute approximate surface area is 76.8 Å². The molecule has 1 heterocycles. The normalized spacial score (nSPS) is 25.8. The first kappa shape index (κ1) is 7.53. The van der Waals surface area contributed by atoms with Gasteiger partial charge in [0.25, 0.3) is 0 Å². The molecule has 1 aromatic rings. The third kappa shape index (κ3) is 0.845. The lowest BCUT2D eigenvalue weighted by Gasteiger charge is -2.04. The van der Waals surface area contributed by atoms with Crippen molar-refractivity contribution in [2.24, 2.45) is 0 Å². The molecule has 0 unspecified atom stereocenters. The van der Waals surface area contributed by atoms with E-state index in [1.54, 1.807) is 12.1 Å². The van der Waals surface area contributed by atoms with E-state index in [1.807, 2.05) is 12.1 Å². The summed E-state index contributed by atoms with van der Waals surface area (Å²) in [6, 6.07) is 7.23. The lowest BCUT2D eigenvalue weighted by molar-refractivity contribution is 0.573. The van der Waals surface area contributed by atoms with Crippen molar-refractivity contribution in [3.8, 4) is 0 Å². The number of benzene rings is 1. The van der Waals surface area contributed by atoms with E-state index < -0.39 is 10.0 Å². The Morgan fingerprint density at radius 2 is 1.92 bits per heavy atom. The number of hydrogen-bond acceptors (Lipinski definition) is 2. The van der Waals surface area contributed by atoms with Crippen molar-refractivity contribution in [3.05, 3.63) is 29.8 Å². The van der Waals surface area contributed by atoms with Crippen LogP contribution >= 0.6 is 0 Å². The molecule has 3 rings (SSSR count). The van der Waals surface area contributed by atoms with Crippen LogP contribution in [0.5, 0.6) is 0 Å². The molecule has 0 radical (unpaired) electrons. The summed E-state index contributed by atoms with van der Waals surface area (Å²) in [7, 11) is -3.20. The van der Waals surface area contributed by atoms with E-state index in [1.165, 1.54) is 0 Å². The number of hydrogen-bond donors (Lipinski definition) is 1. The molecular formula is C9H9NO2S. The zero-order chi connectivity index (χ0) is 9.10. The third-order valence-electron chi connectivity index (χ3n) is 2.77. The van der Waals surface area contributed by atoms with Crippen LogP contribution in [0, 0.1) is 0 Å². The molecule has 0 saturated heterocycles. The molecule has 68 valence electrons. The zero-order valence-electron chi connectivity index (χ0n) is 6.95. The second-order valence-electron chi connectivity index (χ2n) is 3.68. The van der Waals surface area contributed by atoms with Gasteiger partial charge in [-0.15, -0.1) is 0 Å². The molecule has 1 saturated carbocycles. The molecule has 1 aliphatic carbocycles. The van der Waals surface area contributed by atoms with Crippen LogP contribution in [-0.4, -0.2) is 8.42 Å². The van der Waals surface area contributed by atoms with Crippen molar-refractivity contribution >= 4 is 10.0 Å². The Hall–Kier alpha value is -0.870. The first-order chi connectivity index (χ1) is 6.14. The van der Waals surface area contributed by atoms with Gasteiger partial charge in [-0.3, -0.25) is 0 Å². The second-order valence-corrected chi connectivity index (χ2v) is 5.33. The maximum atomic E-state index is 11.6. The average molecular weight is 195 g/mol. The highest BCUT2D eigenvalue weighted by Gasteiger charge is 2.54. The van der Waals surface area contributed by atoms with Crippen LogP contribution in [0.4, 0.5) is 0 Å². The van der Waals surface area contributed by atoms with Crippen LogP contribution in [0.15, 0.2) is 29.2 Å². The number of nitrogens with one attached hydrogen (secondary N) is 1. The summed E-state index contributed by atoms with van der Waals surface area (Å²) in [6.45, 7) is 0. The summed E-state index contributed by atoms with van der Waals surface area (Å²) < 4.78 is 25.9. The molecule has 1 aromatic carbocycles. The van der Waals surface area contributed by atoms with Gasteiger partial charge < -0.3 is 0 Å². The van der Waals surface area contributed by atoms with Crippen molar-refractivity contribution in [2.75, 3.05) is 0 Å². The minimum absolute atomic E-state index is 0.227. The standard InChI is InChI=1S/C9H9NO2S/c11-13(12)8-4-2-1-3-7(8)9(10-13)5-6-9/h1-4,10H,5-6H2. The van der Waals surface area contributed by atoms with Gasteiger partial charge in [0.1, 0.15) is 0 Å². The van der Waals surface area contributed by atoms with Crippen molar-refractivity contribution in [3.63, 3.8) is 0 Å². The topological polar surface area (TPSA) is 46.2 Å². The first-order valence-corrected chi connectivity index (χ1v) is 5.76. The van der Waals surface area contributed by atoms with Gasteiger partial charge in [0.05, 0.1) is 10.4 Å². The van der Waals surface area contributed by atoms with Crippen LogP contribution in [0.25, 0.3) is 0 Å². The molecule has 1 aliphatic heterocycles. The predicted molar refractivity (Wildman–Crippen MR) is 47.7 cm³/mol. The maximum absolute atomic E-state index is 11.6. The van der Waals surface area contributed by atoms with Crippen LogP contribution < -0.4 is 4.72 Å². The van der Waals surface area contributed by atoms with Crippen LogP contribution in [-0.2, 0) is 15.6 Å². The highest BCUT2D eigenvalue weighted by Crippen LogP contribution is 2.52. The van der Waals surface area contributed by atoms with Gasteiger partial charge in [-0.25, -0.2) is 13.1 Å². The Morgan fingerprint density at radius 1 is 1.23 bits per heavy atom. The predicted octanol–water partition coefficient (Wildman–Crippen LogP) is 0.968. The summed E-state index contributed by atoms with van der Waals surface area (Å²) in [5.74, 6) is 0. The third-order valence-corrected chi connectivity index (χ3v) is 4.37. The average Bonchev–Trinajstić information content (AvgIpc) is 2.80. The molecule has 0 bridgehead atoms. The van der Waals surface area contributed by atoms with Gasteiger partial charge in [0.2, 0.25) is 10.0 Å². The molecule has 0 atom stereocenters. The fourth-order valence-electron chi connectivity index (χ4n) is 1.96. The van der Waals surface area contributed by atoms with Gasteiger partial charge in [0, 0.05) is 0 Å². The fourth-order valence-corrected chi connectivity index (χ4v) is 3.71. The second kappa shape index (κ2) is 1.96. The molecule has 0 amide bonds.